The van der Waals surface area contributed by atoms with E-state index in [1.165, 1.54) is 11.3 Å². The summed E-state index contributed by atoms with van der Waals surface area (Å²) in [4.78, 5) is 15.5. The maximum Gasteiger partial charge on any atom is 0.204 e. The number of carbonyl (C=O) groups excluding carboxylic acids is 1. The van der Waals surface area contributed by atoms with E-state index in [0.717, 1.165) is 37.6 Å². The molecular formula is C17H19ClN2O2S. The van der Waals surface area contributed by atoms with Gasteiger partial charge in [-0.25, -0.2) is 0 Å². The molecule has 2 heterocycles. The predicted molar refractivity (Wildman–Crippen MR) is 95.0 cm³/mol. The smallest absolute Gasteiger partial charge is 0.204 e. The van der Waals surface area contributed by atoms with Gasteiger partial charge in [0.15, 0.2) is 0 Å². The minimum Gasteiger partial charge on any atom is -0.378 e. The molecule has 1 aliphatic heterocycles. The van der Waals surface area contributed by atoms with Gasteiger partial charge >= 0.3 is 0 Å². The van der Waals surface area contributed by atoms with Crippen molar-refractivity contribution < 1.29 is 9.53 Å². The number of ketones is 1. The van der Waals surface area contributed by atoms with E-state index in [1.54, 1.807) is 0 Å². The quantitative estimate of drug-likeness (QED) is 0.841. The molecule has 6 heteroatoms. The summed E-state index contributed by atoms with van der Waals surface area (Å²) in [5.41, 5.74) is 2.76. The molecule has 0 atom stereocenters. The van der Waals surface area contributed by atoms with Crippen molar-refractivity contribution >= 4 is 34.4 Å². The maximum absolute atomic E-state index is 12.6. The Morgan fingerprint density at radius 3 is 2.65 bits per heavy atom. The number of nitrogens with one attached hydrogen (secondary N) is 1. The summed E-state index contributed by atoms with van der Waals surface area (Å²) < 4.78 is 5.36. The van der Waals surface area contributed by atoms with E-state index in [0.29, 0.717) is 22.0 Å². The van der Waals surface area contributed by atoms with Gasteiger partial charge in [-0.15, -0.1) is 11.3 Å². The first kappa shape index (κ1) is 16.5. The van der Waals surface area contributed by atoms with Crippen molar-refractivity contribution in [2.45, 2.75) is 6.54 Å². The second kappa shape index (κ2) is 7.45. The van der Waals surface area contributed by atoms with Crippen LogP contribution >= 0.6 is 22.9 Å². The highest BCUT2D eigenvalue weighted by atomic mass is 35.5. The number of anilines is 1. The third-order valence-corrected chi connectivity index (χ3v) is 5.45. The van der Waals surface area contributed by atoms with Crippen LogP contribution in [0.4, 0.5) is 5.69 Å². The van der Waals surface area contributed by atoms with Gasteiger partial charge in [-0.1, -0.05) is 11.6 Å². The van der Waals surface area contributed by atoms with Gasteiger partial charge in [-0.3, -0.25) is 4.79 Å². The Labute approximate surface area is 145 Å². The van der Waals surface area contributed by atoms with E-state index in [2.05, 4.69) is 10.2 Å². The minimum absolute atomic E-state index is 0.0177. The number of hydrogen-bond donors (Lipinski definition) is 1. The molecule has 1 N–H and O–H groups in total. The van der Waals surface area contributed by atoms with Crippen LogP contribution in [0.25, 0.3) is 0 Å². The van der Waals surface area contributed by atoms with Crippen LogP contribution in [0.15, 0.2) is 29.6 Å². The Bertz CT molecular complexity index is 678. The normalized spacial score (nSPS) is 15.0. The van der Waals surface area contributed by atoms with Crippen molar-refractivity contribution in [3.05, 3.63) is 50.7 Å². The molecule has 0 saturated carbocycles. The van der Waals surface area contributed by atoms with Crippen LogP contribution in [0.1, 0.15) is 20.8 Å². The van der Waals surface area contributed by atoms with Gasteiger partial charge in [-0.05, 0) is 42.3 Å². The van der Waals surface area contributed by atoms with Crippen molar-refractivity contribution in [1.82, 2.24) is 5.32 Å². The largest absolute Gasteiger partial charge is 0.378 e. The van der Waals surface area contributed by atoms with E-state index in [-0.39, 0.29) is 5.78 Å². The van der Waals surface area contributed by atoms with Gasteiger partial charge in [0.1, 0.15) is 0 Å². The average molecular weight is 351 g/mol. The topological polar surface area (TPSA) is 41.6 Å². The maximum atomic E-state index is 12.6. The first-order valence-electron chi connectivity index (χ1n) is 7.58. The first-order valence-corrected chi connectivity index (χ1v) is 8.84. The van der Waals surface area contributed by atoms with Crippen molar-refractivity contribution in [3.63, 3.8) is 0 Å². The molecule has 1 aromatic heterocycles. The summed E-state index contributed by atoms with van der Waals surface area (Å²) in [5.74, 6) is -0.0177. The van der Waals surface area contributed by atoms with E-state index in [1.807, 2.05) is 36.7 Å². The number of hydrogen-bond acceptors (Lipinski definition) is 5. The number of ether oxygens (including phenoxy) is 1. The van der Waals surface area contributed by atoms with Crippen LogP contribution in [0.5, 0.6) is 0 Å². The van der Waals surface area contributed by atoms with Gasteiger partial charge in [0.05, 0.1) is 23.1 Å². The number of halogens is 1. The molecular weight excluding hydrogens is 332 g/mol. The Morgan fingerprint density at radius 2 is 2.00 bits per heavy atom. The summed E-state index contributed by atoms with van der Waals surface area (Å²) in [6.45, 7) is 3.94. The van der Waals surface area contributed by atoms with Gasteiger partial charge in [0.25, 0.3) is 0 Å². The summed E-state index contributed by atoms with van der Waals surface area (Å²) in [7, 11) is 1.86. The Hall–Kier alpha value is -1.40. The fraction of sp³-hybridized carbons (Fsp3) is 0.353. The van der Waals surface area contributed by atoms with E-state index < -0.39 is 0 Å². The molecule has 23 heavy (non-hydrogen) atoms. The molecule has 1 aliphatic rings. The Morgan fingerprint density at radius 1 is 1.30 bits per heavy atom. The lowest BCUT2D eigenvalue weighted by Crippen LogP contribution is -2.36. The van der Waals surface area contributed by atoms with Crippen molar-refractivity contribution in [2.75, 3.05) is 38.3 Å². The number of nitrogens with zero attached hydrogens (tertiary/aromatic N) is 1. The second-order valence-corrected chi connectivity index (χ2v) is 6.67. The van der Waals surface area contributed by atoms with Gasteiger partial charge in [0, 0.05) is 30.9 Å². The zero-order valence-corrected chi connectivity index (χ0v) is 14.5. The van der Waals surface area contributed by atoms with E-state index in [9.17, 15) is 4.79 Å². The highest BCUT2D eigenvalue weighted by Gasteiger charge is 2.18. The molecule has 1 aromatic carbocycles. The van der Waals surface area contributed by atoms with Gasteiger partial charge in [-0.2, -0.15) is 0 Å². The molecule has 0 spiro atoms. The highest BCUT2D eigenvalue weighted by molar-refractivity contribution is 7.13. The van der Waals surface area contributed by atoms with Crippen molar-refractivity contribution in [2.24, 2.45) is 0 Å². The fourth-order valence-electron chi connectivity index (χ4n) is 2.62. The number of rotatable bonds is 5. The van der Waals surface area contributed by atoms with E-state index in [4.69, 9.17) is 16.3 Å². The summed E-state index contributed by atoms with van der Waals surface area (Å²) >= 11 is 7.73. The number of morpholine rings is 1. The molecule has 1 fully saturated rings. The van der Waals surface area contributed by atoms with Crippen LogP contribution in [0.2, 0.25) is 5.02 Å². The minimum atomic E-state index is -0.0177. The zero-order chi connectivity index (χ0) is 16.2. The lowest BCUT2D eigenvalue weighted by Gasteiger charge is -2.28. The van der Waals surface area contributed by atoms with Gasteiger partial charge < -0.3 is 15.0 Å². The molecule has 0 bridgehead atoms. The molecule has 3 rings (SSSR count). The summed E-state index contributed by atoms with van der Waals surface area (Å²) in [5, 5.41) is 5.56. The van der Waals surface area contributed by atoms with Crippen LogP contribution < -0.4 is 10.2 Å². The molecule has 0 amide bonds. The number of benzene rings is 1. The summed E-state index contributed by atoms with van der Waals surface area (Å²) in [6, 6.07) is 7.74. The van der Waals surface area contributed by atoms with Crippen molar-refractivity contribution in [1.29, 1.82) is 0 Å². The zero-order valence-electron chi connectivity index (χ0n) is 13.0. The number of thiophene rings is 1. The lowest BCUT2D eigenvalue weighted by atomic mass is 10.1. The van der Waals surface area contributed by atoms with Gasteiger partial charge in [0.2, 0.25) is 5.78 Å². The third-order valence-electron chi connectivity index (χ3n) is 3.88. The third kappa shape index (κ3) is 3.58. The predicted octanol–water partition coefficient (Wildman–Crippen LogP) is 3.19. The fourth-order valence-corrected chi connectivity index (χ4v) is 3.94. The Balaban J connectivity index is 1.77. The van der Waals surface area contributed by atoms with Crippen molar-refractivity contribution in [3.8, 4) is 0 Å². The molecule has 2 aromatic rings. The van der Waals surface area contributed by atoms with E-state index >= 15 is 0 Å². The molecule has 0 unspecified atom stereocenters. The lowest BCUT2D eigenvalue weighted by molar-refractivity contribution is 0.104. The van der Waals surface area contributed by atoms with Crippen LogP contribution in [-0.2, 0) is 11.3 Å². The monoisotopic (exact) mass is 350 g/mol. The van der Waals surface area contributed by atoms with Crippen LogP contribution in [0.3, 0.4) is 0 Å². The SMILES string of the molecule is CNCc1csc(C(=O)c2ccc(N3CCOCC3)cc2)c1Cl. The van der Waals surface area contributed by atoms with Crippen LogP contribution in [-0.4, -0.2) is 39.1 Å². The highest BCUT2D eigenvalue weighted by Crippen LogP contribution is 2.30. The molecule has 0 aliphatic carbocycles. The molecule has 1 saturated heterocycles. The summed E-state index contributed by atoms with van der Waals surface area (Å²) in [6.07, 6.45) is 0. The first-order chi connectivity index (χ1) is 11.2. The number of carbonyl (C=O) groups is 1. The molecule has 122 valence electrons. The average Bonchev–Trinajstić information content (AvgIpc) is 2.96. The standard InChI is InChI=1S/C17H19ClN2O2S/c1-19-10-13-11-23-17(15(13)18)16(21)12-2-4-14(5-3-12)20-6-8-22-9-7-20/h2-5,11,19H,6-10H2,1H3. The Kier molecular flexibility index (Phi) is 5.33. The molecule has 0 radical (unpaired) electrons. The molecule has 4 nitrogen and oxygen atoms in total. The second-order valence-electron chi connectivity index (χ2n) is 5.41. The van der Waals surface area contributed by atoms with Crippen LogP contribution in [0, 0.1) is 0 Å².